The largest absolute Gasteiger partial charge is 0.280 e. The number of para-hydroxylation sites is 2. The maximum atomic E-state index is 2.71. The fourth-order valence-corrected chi connectivity index (χ4v) is 11.3. The highest BCUT2D eigenvalue weighted by Crippen LogP contribution is 2.68. The normalized spacial score (nSPS) is 14.0. The molecule has 0 amide bonds. The molecular weight excluding hydrogens is 565 g/mol. The first-order chi connectivity index (χ1) is 22.3. The Hall–Kier alpha value is -5.25. The molecule has 0 spiro atoms. The summed E-state index contributed by atoms with van der Waals surface area (Å²) in [5.41, 5.74) is 11.6. The highest BCUT2D eigenvalue weighted by atomic mass is 32.3. The van der Waals surface area contributed by atoms with Crippen molar-refractivity contribution in [3.8, 4) is 33.6 Å². The van der Waals surface area contributed by atoms with E-state index in [1.165, 1.54) is 65.9 Å². The van der Waals surface area contributed by atoms with Gasteiger partial charge in [-0.25, -0.2) is 0 Å². The first-order valence-electron chi connectivity index (χ1n) is 15.6. The molecule has 3 heterocycles. The van der Waals surface area contributed by atoms with Crippen molar-refractivity contribution in [3.63, 3.8) is 0 Å². The van der Waals surface area contributed by atoms with Crippen LogP contribution in [-0.2, 0) is 6.42 Å². The first-order valence-corrected chi connectivity index (χ1v) is 17.3. The van der Waals surface area contributed by atoms with Crippen molar-refractivity contribution in [1.82, 2.24) is 7.94 Å². The van der Waals surface area contributed by atoms with Gasteiger partial charge in [-0.2, -0.15) is 0 Å². The van der Waals surface area contributed by atoms with Gasteiger partial charge in [0.15, 0.2) is 0 Å². The van der Waals surface area contributed by atoms with E-state index < -0.39 is 10.4 Å². The van der Waals surface area contributed by atoms with Gasteiger partial charge in [0.2, 0.25) is 0 Å². The molecule has 1 aliphatic rings. The number of rotatable bonds is 6. The smallest absolute Gasteiger partial charge is 0.0781 e. The summed E-state index contributed by atoms with van der Waals surface area (Å²) >= 11 is 0. The van der Waals surface area contributed by atoms with Gasteiger partial charge in [-0.1, -0.05) is 144 Å². The molecule has 0 saturated heterocycles. The van der Waals surface area contributed by atoms with Crippen LogP contribution in [0, 0.1) is 0 Å². The summed E-state index contributed by atoms with van der Waals surface area (Å²) in [6.07, 6.45) is 0.975. The minimum atomic E-state index is -1.75. The SMILES string of the molecule is c1ccc(-c2ccc(CCS3(c4ccc(-c5ccccc5)cc4)n4c(cc5ccccc54)-c4cc5ccccc5n43)cc2)cc1. The number of benzene rings is 6. The summed E-state index contributed by atoms with van der Waals surface area (Å²) in [5, 5.41) is 2.60. The average molecular weight is 597 g/mol. The molecule has 216 valence electrons. The Bertz CT molecular complexity index is 2210. The van der Waals surface area contributed by atoms with Crippen molar-refractivity contribution in [2.75, 3.05) is 5.75 Å². The lowest BCUT2D eigenvalue weighted by molar-refractivity contribution is 1.09. The summed E-state index contributed by atoms with van der Waals surface area (Å²) in [6, 6.07) is 62.7. The molecule has 8 aromatic rings. The van der Waals surface area contributed by atoms with Crippen LogP contribution in [0.2, 0.25) is 0 Å². The summed E-state index contributed by atoms with van der Waals surface area (Å²) in [5.74, 6) is 1.000. The molecule has 0 aliphatic carbocycles. The van der Waals surface area contributed by atoms with E-state index in [1.807, 2.05) is 0 Å². The molecule has 0 fully saturated rings. The lowest BCUT2D eigenvalue weighted by atomic mass is 10.0. The van der Waals surface area contributed by atoms with Gasteiger partial charge in [0.1, 0.15) is 0 Å². The van der Waals surface area contributed by atoms with Gasteiger partial charge in [-0.05, 0) is 70.6 Å². The maximum Gasteiger partial charge on any atom is 0.0781 e. The topological polar surface area (TPSA) is 9.86 Å². The minimum Gasteiger partial charge on any atom is -0.280 e. The summed E-state index contributed by atoms with van der Waals surface area (Å²) in [6.45, 7) is 0. The quantitative estimate of drug-likeness (QED) is 0.181. The fraction of sp³-hybridized carbons (Fsp3) is 0.0476. The third kappa shape index (κ3) is 4.12. The predicted molar refractivity (Wildman–Crippen MR) is 192 cm³/mol. The van der Waals surface area contributed by atoms with Crippen molar-refractivity contribution in [3.05, 3.63) is 175 Å². The van der Waals surface area contributed by atoms with Crippen molar-refractivity contribution >= 4 is 32.2 Å². The first kappa shape index (κ1) is 26.2. The molecule has 3 heteroatoms. The second kappa shape index (κ2) is 10.4. The van der Waals surface area contributed by atoms with Gasteiger partial charge in [-0.15, -0.1) is 0 Å². The Morgan fingerprint density at radius 2 is 0.822 bits per heavy atom. The molecule has 45 heavy (non-hydrogen) atoms. The van der Waals surface area contributed by atoms with E-state index in [0.717, 1.165) is 12.2 Å². The van der Waals surface area contributed by atoms with Crippen molar-refractivity contribution in [1.29, 1.82) is 0 Å². The predicted octanol–water partition coefficient (Wildman–Crippen LogP) is 11.2. The molecule has 2 aromatic heterocycles. The van der Waals surface area contributed by atoms with Gasteiger partial charge in [0.25, 0.3) is 0 Å². The highest BCUT2D eigenvalue weighted by Gasteiger charge is 2.42. The second-order valence-electron chi connectivity index (χ2n) is 11.8. The van der Waals surface area contributed by atoms with Gasteiger partial charge >= 0.3 is 0 Å². The Balaban J connectivity index is 1.24. The van der Waals surface area contributed by atoms with Crippen LogP contribution in [-0.4, -0.2) is 13.7 Å². The van der Waals surface area contributed by atoms with Crippen LogP contribution < -0.4 is 0 Å². The molecule has 0 atom stereocenters. The van der Waals surface area contributed by atoms with Crippen molar-refractivity contribution in [2.45, 2.75) is 11.3 Å². The molecule has 2 nitrogen and oxygen atoms in total. The number of aryl methyl sites for hydroxylation is 1. The van der Waals surface area contributed by atoms with E-state index in [2.05, 4.69) is 178 Å². The Labute approximate surface area is 265 Å². The molecule has 0 saturated carbocycles. The van der Waals surface area contributed by atoms with E-state index in [-0.39, 0.29) is 0 Å². The molecule has 6 aromatic carbocycles. The molecule has 0 radical (unpaired) electrons. The maximum absolute atomic E-state index is 2.71. The lowest BCUT2D eigenvalue weighted by Gasteiger charge is -2.42. The number of nitrogens with zero attached hydrogens (tertiary/aromatic N) is 2. The van der Waals surface area contributed by atoms with Crippen LogP contribution in [0.1, 0.15) is 5.56 Å². The number of aromatic nitrogens is 2. The van der Waals surface area contributed by atoms with Gasteiger partial charge in [-0.3, -0.25) is 7.94 Å². The van der Waals surface area contributed by atoms with E-state index in [1.54, 1.807) is 0 Å². The second-order valence-corrected chi connectivity index (χ2v) is 14.8. The zero-order valence-electron chi connectivity index (χ0n) is 24.9. The van der Waals surface area contributed by atoms with E-state index in [0.29, 0.717) is 0 Å². The van der Waals surface area contributed by atoms with Gasteiger partial charge < -0.3 is 0 Å². The van der Waals surface area contributed by atoms with Crippen LogP contribution in [0.3, 0.4) is 0 Å². The van der Waals surface area contributed by atoms with E-state index >= 15 is 0 Å². The van der Waals surface area contributed by atoms with Crippen molar-refractivity contribution in [2.24, 2.45) is 0 Å². The van der Waals surface area contributed by atoms with E-state index in [9.17, 15) is 0 Å². The number of hydrogen-bond donors (Lipinski definition) is 0. The zero-order chi connectivity index (χ0) is 29.8. The monoisotopic (exact) mass is 596 g/mol. The summed E-state index contributed by atoms with van der Waals surface area (Å²) < 4.78 is 5.42. The standard InChI is InChI=1S/C42H32N2S/c1-3-11-32(12-4-1)34-21-19-31(20-22-34)27-28-45(38-25-23-35(24-26-38)33-13-5-2-6-14-33)43-39-17-9-7-15-36(39)29-41(43)42-30-37-16-8-10-18-40(37)44(42)45/h1-26,29-30H,27-28H2. The Morgan fingerprint density at radius 1 is 0.400 bits per heavy atom. The Morgan fingerprint density at radius 3 is 1.33 bits per heavy atom. The summed E-state index contributed by atoms with van der Waals surface area (Å²) in [4.78, 5) is 1.38. The number of fused-ring (bicyclic) bond motifs is 7. The minimum absolute atomic E-state index is 0.975. The molecule has 0 N–H and O–H groups in total. The molecular formula is C42H32N2S. The van der Waals surface area contributed by atoms with Crippen LogP contribution in [0.15, 0.2) is 175 Å². The Kier molecular flexibility index (Phi) is 6.07. The number of hydrogen-bond acceptors (Lipinski definition) is 0. The zero-order valence-corrected chi connectivity index (χ0v) is 25.7. The fourth-order valence-electron chi connectivity index (χ4n) is 7.11. The van der Waals surface area contributed by atoms with Gasteiger partial charge in [0.05, 0.1) is 22.4 Å². The molecule has 9 rings (SSSR count). The van der Waals surface area contributed by atoms with E-state index in [4.69, 9.17) is 0 Å². The van der Waals surface area contributed by atoms with Crippen LogP contribution in [0.4, 0.5) is 0 Å². The average Bonchev–Trinajstić information content (AvgIpc) is 3.77. The third-order valence-corrected chi connectivity index (χ3v) is 13.1. The van der Waals surface area contributed by atoms with Gasteiger partial charge in [0, 0.05) is 21.4 Å². The molecule has 0 unspecified atom stereocenters. The van der Waals surface area contributed by atoms with Crippen LogP contribution in [0.25, 0.3) is 55.4 Å². The van der Waals surface area contributed by atoms with Crippen molar-refractivity contribution < 1.29 is 0 Å². The lowest BCUT2D eigenvalue weighted by Crippen LogP contribution is -2.20. The summed E-state index contributed by atoms with van der Waals surface area (Å²) in [7, 11) is -1.75. The van der Waals surface area contributed by atoms with Crippen LogP contribution in [0.5, 0.6) is 0 Å². The molecule has 0 bridgehead atoms. The highest BCUT2D eigenvalue weighted by molar-refractivity contribution is 8.31. The third-order valence-electron chi connectivity index (χ3n) is 9.28. The van der Waals surface area contributed by atoms with Crippen LogP contribution >= 0.6 is 10.4 Å². The molecule has 1 aliphatic heterocycles.